The molecule has 3 heteroatoms. The molecule has 1 aromatic heterocycles. The fraction of sp³-hybridized carbons (Fsp3) is 0. The third kappa shape index (κ3) is 0.908. The topological polar surface area (TPSA) is 4.36 Å². The molecule has 0 fully saturated rings. The largest absolute Gasteiger partial charge is 0.236 e. The minimum absolute atomic E-state index is 0.704. The molecule has 1 heterocycles. The van der Waals surface area contributed by atoms with Crippen molar-refractivity contribution in [2.45, 2.75) is 0 Å². The summed E-state index contributed by atoms with van der Waals surface area (Å²) in [5.74, 6) is 0. The summed E-state index contributed by atoms with van der Waals surface area (Å²) >= 11 is 4.75. The Morgan fingerprint density at radius 2 is 2.38 bits per heavy atom. The second-order valence-corrected chi connectivity index (χ2v) is 2.81. The van der Waals surface area contributed by atoms with Gasteiger partial charge < -0.3 is 0 Å². The van der Waals surface area contributed by atoms with Gasteiger partial charge in [-0.05, 0) is 10.8 Å². The van der Waals surface area contributed by atoms with E-state index in [-0.39, 0.29) is 0 Å². The van der Waals surface area contributed by atoms with Crippen LogP contribution < -0.4 is 0 Å². The summed E-state index contributed by atoms with van der Waals surface area (Å²) < 4.78 is 0.900. The van der Waals surface area contributed by atoms with Crippen LogP contribution in [-0.4, -0.2) is 0 Å². The highest BCUT2D eigenvalue weighted by Gasteiger charge is 1.95. The van der Waals surface area contributed by atoms with Gasteiger partial charge in [-0.15, -0.1) is 0 Å². The smallest absolute Gasteiger partial charge is 0.211 e. The number of nitrogens with zero attached hydrogens (tertiary/aromatic N) is 1. The van der Waals surface area contributed by atoms with E-state index in [2.05, 4.69) is 20.8 Å². The van der Waals surface area contributed by atoms with Crippen LogP contribution in [0.1, 0.15) is 0 Å². The lowest BCUT2D eigenvalue weighted by atomic mass is 10.6. The van der Waals surface area contributed by atoms with Crippen molar-refractivity contribution in [2.24, 2.45) is 0 Å². The maximum Gasteiger partial charge on any atom is 0.211 e. The van der Waals surface area contributed by atoms with Gasteiger partial charge in [0.1, 0.15) is 0 Å². The maximum atomic E-state index is 6.60. The van der Waals surface area contributed by atoms with Crippen LogP contribution in [0.4, 0.5) is 5.69 Å². The summed E-state index contributed by atoms with van der Waals surface area (Å²) in [5.41, 5.74) is 0.704. The lowest BCUT2D eigenvalue weighted by Gasteiger charge is -1.75. The zero-order valence-electron chi connectivity index (χ0n) is 3.89. The predicted octanol–water partition coefficient (Wildman–Crippen LogP) is 3.06. The Kier molecular flexibility index (Phi) is 1.66. The van der Waals surface area contributed by atoms with Crippen LogP contribution in [0.15, 0.2) is 15.2 Å². The highest BCUT2D eigenvalue weighted by Crippen LogP contribution is 2.28. The van der Waals surface area contributed by atoms with Gasteiger partial charge in [0.15, 0.2) is 0 Å². The van der Waals surface area contributed by atoms with Gasteiger partial charge in [-0.3, -0.25) is 0 Å². The Labute approximate surface area is 59.9 Å². The molecule has 0 amide bonds. The Hall–Kier alpha value is -0.330. The van der Waals surface area contributed by atoms with Crippen LogP contribution in [0.3, 0.4) is 0 Å². The molecule has 0 N–H and O–H groups in total. The molecule has 0 atom stereocenters. The summed E-state index contributed by atoms with van der Waals surface area (Å²) in [4.78, 5) is 3.24. The standard InChI is InChI=1S/C5H2BrNS/c1-7-5-3-8-2-4(5)6/h2-3H. The molecule has 0 aromatic carbocycles. The van der Waals surface area contributed by atoms with Crippen LogP contribution >= 0.6 is 27.3 Å². The zero-order valence-corrected chi connectivity index (χ0v) is 6.29. The van der Waals surface area contributed by atoms with Crippen molar-refractivity contribution in [1.82, 2.24) is 0 Å². The third-order valence-electron chi connectivity index (χ3n) is 0.716. The van der Waals surface area contributed by atoms with Gasteiger partial charge in [0.05, 0.1) is 6.57 Å². The average molecular weight is 188 g/mol. The summed E-state index contributed by atoms with van der Waals surface area (Å²) in [6, 6.07) is 0. The molecular weight excluding hydrogens is 186 g/mol. The summed E-state index contributed by atoms with van der Waals surface area (Å²) in [6.07, 6.45) is 0. The second kappa shape index (κ2) is 2.29. The third-order valence-corrected chi connectivity index (χ3v) is 2.39. The number of rotatable bonds is 0. The van der Waals surface area contributed by atoms with Gasteiger partial charge in [-0.1, -0.05) is 15.9 Å². The second-order valence-electron chi connectivity index (χ2n) is 1.22. The van der Waals surface area contributed by atoms with Gasteiger partial charge in [0.2, 0.25) is 5.69 Å². The molecular formula is C5H2BrNS. The van der Waals surface area contributed by atoms with Crippen molar-refractivity contribution in [3.05, 3.63) is 26.6 Å². The van der Waals surface area contributed by atoms with Crippen molar-refractivity contribution in [2.75, 3.05) is 0 Å². The molecule has 1 rings (SSSR count). The average Bonchev–Trinajstić information content (AvgIpc) is 2.14. The molecule has 0 aliphatic heterocycles. The van der Waals surface area contributed by atoms with Gasteiger partial charge in [0, 0.05) is 4.47 Å². The SMILES string of the molecule is [C-]#[N+]c1cscc1Br. The molecule has 1 nitrogen and oxygen atoms in total. The van der Waals surface area contributed by atoms with Crippen LogP contribution in [0.25, 0.3) is 4.85 Å². The van der Waals surface area contributed by atoms with Gasteiger partial charge in [0.25, 0.3) is 0 Å². The molecule has 0 bridgehead atoms. The zero-order chi connectivity index (χ0) is 5.98. The van der Waals surface area contributed by atoms with E-state index in [0.717, 1.165) is 4.47 Å². The Bertz CT molecular complexity index is 223. The minimum Gasteiger partial charge on any atom is -0.236 e. The van der Waals surface area contributed by atoms with Crippen molar-refractivity contribution in [3.8, 4) is 0 Å². The minimum atomic E-state index is 0.704. The first-order valence-electron chi connectivity index (χ1n) is 1.93. The van der Waals surface area contributed by atoms with Crippen molar-refractivity contribution in [3.63, 3.8) is 0 Å². The Balaban J connectivity index is 3.15. The van der Waals surface area contributed by atoms with Crippen molar-refractivity contribution >= 4 is 33.0 Å². The molecule has 8 heavy (non-hydrogen) atoms. The molecule has 40 valence electrons. The highest BCUT2D eigenvalue weighted by atomic mass is 79.9. The van der Waals surface area contributed by atoms with Gasteiger partial charge >= 0.3 is 0 Å². The Morgan fingerprint density at radius 1 is 1.62 bits per heavy atom. The van der Waals surface area contributed by atoms with E-state index in [1.54, 1.807) is 0 Å². The van der Waals surface area contributed by atoms with Crippen LogP contribution in [-0.2, 0) is 0 Å². The van der Waals surface area contributed by atoms with Gasteiger partial charge in [-0.25, -0.2) is 4.85 Å². The molecule has 0 aliphatic carbocycles. The quantitative estimate of drug-likeness (QED) is 0.551. The van der Waals surface area contributed by atoms with Crippen LogP contribution in [0.2, 0.25) is 0 Å². The predicted molar refractivity (Wildman–Crippen MR) is 38.3 cm³/mol. The molecule has 0 unspecified atom stereocenters. The van der Waals surface area contributed by atoms with E-state index in [9.17, 15) is 0 Å². The first kappa shape index (κ1) is 5.80. The number of halogens is 1. The van der Waals surface area contributed by atoms with E-state index in [1.165, 1.54) is 11.3 Å². The molecule has 0 saturated carbocycles. The van der Waals surface area contributed by atoms with Gasteiger partial charge in [-0.2, -0.15) is 11.3 Å². The van der Waals surface area contributed by atoms with E-state index in [1.807, 2.05) is 10.8 Å². The monoisotopic (exact) mass is 187 g/mol. The molecule has 0 spiro atoms. The number of hydrogen-bond acceptors (Lipinski definition) is 1. The summed E-state index contributed by atoms with van der Waals surface area (Å²) in [6.45, 7) is 6.60. The lowest BCUT2D eigenvalue weighted by Crippen LogP contribution is -1.45. The van der Waals surface area contributed by atoms with E-state index >= 15 is 0 Å². The lowest BCUT2D eigenvalue weighted by molar-refractivity contribution is 1.87. The first-order valence-corrected chi connectivity index (χ1v) is 3.67. The molecule has 0 aliphatic rings. The highest BCUT2D eigenvalue weighted by molar-refractivity contribution is 9.10. The number of hydrogen-bond donors (Lipinski definition) is 0. The summed E-state index contributed by atoms with van der Waals surface area (Å²) in [5, 5.41) is 3.71. The molecule has 0 radical (unpaired) electrons. The normalized spacial score (nSPS) is 8.50. The van der Waals surface area contributed by atoms with Crippen molar-refractivity contribution in [1.29, 1.82) is 0 Å². The van der Waals surface area contributed by atoms with Crippen LogP contribution in [0.5, 0.6) is 0 Å². The van der Waals surface area contributed by atoms with E-state index < -0.39 is 0 Å². The van der Waals surface area contributed by atoms with E-state index in [0.29, 0.717) is 5.69 Å². The first-order chi connectivity index (χ1) is 3.84. The van der Waals surface area contributed by atoms with E-state index in [4.69, 9.17) is 6.57 Å². The fourth-order valence-electron chi connectivity index (χ4n) is 0.355. The number of thiophene rings is 1. The van der Waals surface area contributed by atoms with Crippen LogP contribution in [0, 0.1) is 6.57 Å². The maximum absolute atomic E-state index is 6.60. The molecule has 1 aromatic rings. The summed E-state index contributed by atoms with van der Waals surface area (Å²) in [7, 11) is 0. The van der Waals surface area contributed by atoms with Crippen molar-refractivity contribution < 1.29 is 0 Å². The fourth-order valence-corrected chi connectivity index (χ4v) is 1.65. The molecule has 0 saturated heterocycles. The Morgan fingerprint density at radius 3 is 2.62 bits per heavy atom.